The molecule has 0 fully saturated rings. The predicted molar refractivity (Wildman–Crippen MR) is 106 cm³/mol. The van der Waals surface area contributed by atoms with Gasteiger partial charge in [0.25, 0.3) is 5.91 Å². The topological polar surface area (TPSA) is 110 Å². The van der Waals surface area contributed by atoms with E-state index in [1.54, 1.807) is 6.92 Å². The van der Waals surface area contributed by atoms with Gasteiger partial charge in [-0.2, -0.15) is 13.5 Å². The number of carbonyl (C=O) groups is 1. The van der Waals surface area contributed by atoms with Crippen LogP contribution in [0.3, 0.4) is 0 Å². The zero-order chi connectivity index (χ0) is 20.6. The van der Waals surface area contributed by atoms with Crippen LogP contribution in [0.5, 0.6) is 5.75 Å². The summed E-state index contributed by atoms with van der Waals surface area (Å²) in [6, 6.07) is 1.96. The molecule has 3 N–H and O–H groups in total. The summed E-state index contributed by atoms with van der Waals surface area (Å²) < 4.78 is 60.8. The molecule has 1 aliphatic rings. The lowest BCUT2D eigenvalue weighted by Gasteiger charge is -2.20. The van der Waals surface area contributed by atoms with E-state index >= 15 is 0 Å². The summed E-state index contributed by atoms with van der Waals surface area (Å²) in [7, 11) is -2.60. The fourth-order valence-electron chi connectivity index (χ4n) is 2.88. The summed E-state index contributed by atoms with van der Waals surface area (Å²) in [6.07, 6.45) is 0.545. The second-order valence-electron chi connectivity index (χ2n) is 6.38. The highest BCUT2D eigenvalue weighted by atomic mass is 32.2. The molecule has 12 heteroatoms. The Bertz CT molecular complexity index is 1030. The van der Waals surface area contributed by atoms with E-state index in [0.717, 1.165) is 12.1 Å². The molecule has 0 aliphatic carbocycles. The van der Waals surface area contributed by atoms with Crippen LogP contribution in [0.2, 0.25) is 0 Å². The van der Waals surface area contributed by atoms with E-state index in [2.05, 4.69) is 10.0 Å². The maximum atomic E-state index is 13.4. The molecule has 29 heavy (non-hydrogen) atoms. The summed E-state index contributed by atoms with van der Waals surface area (Å²) >= 11 is 0. The third kappa shape index (κ3) is 4.55. The highest BCUT2D eigenvalue weighted by Gasteiger charge is 2.36. The van der Waals surface area contributed by atoms with Crippen LogP contribution in [0.15, 0.2) is 29.3 Å². The Kier molecular flexibility index (Phi) is 6.93. The van der Waals surface area contributed by atoms with Gasteiger partial charge in [0, 0.05) is 25.0 Å². The number of aliphatic hydroxyl groups excluding tert-OH is 1. The van der Waals surface area contributed by atoms with Gasteiger partial charge in [-0.15, -0.1) is 0 Å². The number of amides is 1. The number of halogens is 2. The van der Waals surface area contributed by atoms with Crippen LogP contribution in [0.25, 0.3) is 0 Å². The average molecular weight is 450 g/mol. The first-order valence-electron chi connectivity index (χ1n) is 8.43. The number of anilines is 1. The maximum absolute atomic E-state index is 13.4. The minimum atomic E-state index is -4.05. The monoisotopic (exact) mass is 449 g/mol. The van der Waals surface area contributed by atoms with E-state index in [9.17, 15) is 27.1 Å². The molecule has 0 saturated carbocycles. The Morgan fingerprint density at radius 3 is 2.72 bits per heavy atom. The van der Waals surface area contributed by atoms with Crippen LogP contribution in [-0.4, -0.2) is 42.8 Å². The zero-order valence-electron chi connectivity index (χ0n) is 15.6. The number of aryl methyl sites for hydroxylation is 1. The lowest BCUT2D eigenvalue weighted by molar-refractivity contribution is 0.0991. The first-order valence-corrected chi connectivity index (χ1v) is 9.91. The number of rotatable bonds is 4. The molecule has 2 heterocycles. The van der Waals surface area contributed by atoms with Crippen molar-refractivity contribution >= 4 is 35.1 Å². The molecule has 1 aromatic carbocycles. The van der Waals surface area contributed by atoms with E-state index in [0.29, 0.717) is 6.42 Å². The Morgan fingerprint density at radius 1 is 1.41 bits per heavy atom. The zero-order valence-corrected chi connectivity index (χ0v) is 17.4. The van der Waals surface area contributed by atoms with Crippen molar-refractivity contribution in [1.82, 2.24) is 9.29 Å². The molecule has 1 unspecified atom stereocenters. The van der Waals surface area contributed by atoms with Crippen molar-refractivity contribution in [3.63, 3.8) is 0 Å². The van der Waals surface area contributed by atoms with E-state index in [1.165, 1.54) is 23.9 Å². The van der Waals surface area contributed by atoms with Gasteiger partial charge in [-0.3, -0.25) is 4.79 Å². The Morgan fingerprint density at radius 2 is 2.10 bits per heavy atom. The molecular formula is C17H21F2N3O5S2. The number of nitrogens with one attached hydrogen (secondary N) is 2. The number of benzene rings is 1. The molecule has 160 valence electrons. The van der Waals surface area contributed by atoms with Crippen LogP contribution >= 0.6 is 13.5 Å². The van der Waals surface area contributed by atoms with Crippen LogP contribution < -0.4 is 14.8 Å². The fourth-order valence-corrected chi connectivity index (χ4v) is 4.33. The molecule has 1 aliphatic heterocycles. The number of hydrogen-bond acceptors (Lipinski definition) is 5. The number of sulfonamides is 1. The second-order valence-corrected chi connectivity index (χ2v) is 8.06. The minimum absolute atomic E-state index is 0. The van der Waals surface area contributed by atoms with Crippen molar-refractivity contribution in [1.29, 1.82) is 0 Å². The van der Waals surface area contributed by atoms with Gasteiger partial charge < -0.3 is 19.7 Å². The predicted octanol–water partition coefficient (Wildman–Crippen LogP) is 1.48. The van der Waals surface area contributed by atoms with Gasteiger partial charge in [0.05, 0.1) is 12.1 Å². The van der Waals surface area contributed by atoms with Crippen LogP contribution in [0, 0.1) is 11.6 Å². The van der Waals surface area contributed by atoms with Gasteiger partial charge in [-0.1, -0.05) is 6.92 Å². The molecule has 8 nitrogen and oxygen atoms in total. The number of nitrogens with zero attached hydrogens (tertiary/aromatic N) is 1. The SMILES string of the molecule is CCC(O)[C@@H]1COc2c(cn(C)c2C(=O)Nc2ccc(F)c(F)c2)S(=O)(=O)N1.S. The molecular weight excluding hydrogens is 428 g/mol. The normalized spacial score (nSPS) is 18.6. The molecule has 1 amide bonds. The molecule has 1 aromatic heterocycles. The number of fused-ring (bicyclic) bond motifs is 1. The summed E-state index contributed by atoms with van der Waals surface area (Å²) in [5.41, 5.74) is -0.121. The third-order valence-corrected chi connectivity index (χ3v) is 5.86. The summed E-state index contributed by atoms with van der Waals surface area (Å²) in [4.78, 5) is 12.4. The van der Waals surface area contributed by atoms with Crippen LogP contribution in [0.4, 0.5) is 14.5 Å². The van der Waals surface area contributed by atoms with Gasteiger partial charge in [0.2, 0.25) is 10.0 Å². The molecule has 2 atom stereocenters. The summed E-state index contributed by atoms with van der Waals surface area (Å²) in [6.45, 7) is 1.51. The van der Waals surface area contributed by atoms with Gasteiger partial charge in [-0.05, 0) is 18.6 Å². The molecule has 0 bridgehead atoms. The molecule has 0 spiro atoms. The Balaban J connectivity index is 0.00000300. The van der Waals surface area contributed by atoms with Gasteiger partial charge in [0.15, 0.2) is 23.1 Å². The largest absolute Gasteiger partial charge is 0.488 e. The average Bonchev–Trinajstić information content (AvgIpc) is 2.92. The first kappa shape index (κ1) is 23.1. The van der Waals surface area contributed by atoms with E-state index in [1.807, 2.05) is 0 Å². The second kappa shape index (κ2) is 8.69. The van der Waals surface area contributed by atoms with Crippen molar-refractivity contribution in [2.24, 2.45) is 7.05 Å². The number of aromatic nitrogens is 1. The van der Waals surface area contributed by atoms with Gasteiger partial charge >= 0.3 is 0 Å². The van der Waals surface area contributed by atoms with Crippen molar-refractivity contribution in [2.45, 2.75) is 30.4 Å². The van der Waals surface area contributed by atoms with Gasteiger partial charge in [-0.25, -0.2) is 21.9 Å². The number of hydrogen-bond donors (Lipinski definition) is 3. The van der Waals surface area contributed by atoms with E-state index < -0.39 is 39.7 Å². The van der Waals surface area contributed by atoms with Crippen molar-refractivity contribution < 1.29 is 31.8 Å². The summed E-state index contributed by atoms with van der Waals surface area (Å²) in [5.74, 6) is -3.14. The van der Waals surface area contributed by atoms with Crippen molar-refractivity contribution in [3.8, 4) is 5.75 Å². The van der Waals surface area contributed by atoms with Gasteiger partial charge in [0.1, 0.15) is 11.5 Å². The van der Waals surface area contributed by atoms with E-state index in [-0.39, 0.29) is 42.1 Å². The Hall–Kier alpha value is -2.15. The van der Waals surface area contributed by atoms with Crippen molar-refractivity contribution in [3.05, 3.63) is 41.7 Å². The highest BCUT2D eigenvalue weighted by molar-refractivity contribution is 7.89. The van der Waals surface area contributed by atoms with E-state index in [4.69, 9.17) is 4.74 Å². The standard InChI is InChI=1S/C17H19F2N3O5S.H2S/c1-3-13(23)12-8-27-16-14(28(25,26)21-12)7-22(2)15(16)17(24)20-9-4-5-10(18)11(19)6-9;/h4-7,12-13,21,23H,3,8H2,1-2H3,(H,20,24);1H2/t12-,13?;/m0./s1. The highest BCUT2D eigenvalue weighted by Crippen LogP contribution is 2.33. The minimum Gasteiger partial charge on any atom is -0.488 e. The first-order chi connectivity index (χ1) is 13.1. The lowest BCUT2D eigenvalue weighted by atomic mass is 10.1. The van der Waals surface area contributed by atoms with Crippen LogP contribution in [0.1, 0.15) is 23.8 Å². The maximum Gasteiger partial charge on any atom is 0.276 e. The van der Waals surface area contributed by atoms with Crippen LogP contribution in [-0.2, 0) is 17.1 Å². The number of ether oxygens (including phenoxy) is 1. The third-order valence-electron chi connectivity index (χ3n) is 4.38. The quantitative estimate of drug-likeness (QED) is 0.655. The number of carbonyl (C=O) groups excluding carboxylic acids is 1. The molecule has 0 saturated heterocycles. The Labute approximate surface area is 173 Å². The molecule has 2 aromatic rings. The lowest BCUT2D eigenvalue weighted by Crippen LogP contribution is -2.45. The van der Waals surface area contributed by atoms with Crippen molar-refractivity contribution in [2.75, 3.05) is 11.9 Å². The molecule has 0 radical (unpaired) electrons. The fraction of sp³-hybridized carbons (Fsp3) is 0.353. The molecule has 3 rings (SSSR count). The smallest absolute Gasteiger partial charge is 0.276 e. The number of aliphatic hydroxyl groups is 1. The summed E-state index contributed by atoms with van der Waals surface area (Å²) in [5, 5.41) is 12.4.